The van der Waals surface area contributed by atoms with E-state index in [0.717, 1.165) is 34.9 Å². The summed E-state index contributed by atoms with van der Waals surface area (Å²) >= 11 is 0. The molecule has 1 atom stereocenters. The van der Waals surface area contributed by atoms with Gasteiger partial charge in [0.2, 0.25) is 0 Å². The molecule has 1 N–H and O–H groups in total. The normalized spacial score (nSPS) is 21.3. The Bertz CT molecular complexity index is 1450. The van der Waals surface area contributed by atoms with Crippen LogP contribution >= 0.6 is 0 Å². The highest BCUT2D eigenvalue weighted by Crippen LogP contribution is 2.40. The second-order valence-electron chi connectivity index (χ2n) is 9.90. The molecule has 0 radical (unpaired) electrons. The number of carbonyl (C=O) groups excluding carboxylic acids is 1. The molecule has 2 aromatic heterocycles. The predicted molar refractivity (Wildman–Crippen MR) is 135 cm³/mol. The summed E-state index contributed by atoms with van der Waals surface area (Å²) in [6, 6.07) is 9.65. The van der Waals surface area contributed by atoms with Gasteiger partial charge in [-0.1, -0.05) is 36.7 Å². The molecule has 186 valence electrons. The van der Waals surface area contributed by atoms with Gasteiger partial charge in [-0.2, -0.15) is 0 Å². The van der Waals surface area contributed by atoms with Crippen LogP contribution in [-0.2, 0) is 39.5 Å². The van der Waals surface area contributed by atoms with E-state index in [4.69, 9.17) is 14.6 Å². The second kappa shape index (κ2) is 8.85. The van der Waals surface area contributed by atoms with Crippen LogP contribution in [0.1, 0.15) is 67.7 Å². The molecule has 8 heteroatoms. The van der Waals surface area contributed by atoms with Crippen LogP contribution in [0.3, 0.4) is 0 Å². The minimum atomic E-state index is -1.84. The number of pyridine rings is 2. The highest BCUT2D eigenvalue weighted by Gasteiger charge is 2.45. The van der Waals surface area contributed by atoms with Crippen LogP contribution in [0.15, 0.2) is 40.3 Å². The number of nitrogens with zero attached hydrogens (tertiary/aromatic N) is 3. The third-order valence-electron chi connectivity index (χ3n) is 7.85. The minimum absolute atomic E-state index is 0.114. The van der Waals surface area contributed by atoms with Gasteiger partial charge < -0.3 is 19.2 Å². The van der Waals surface area contributed by atoms with Crippen LogP contribution in [0.5, 0.6) is 0 Å². The van der Waals surface area contributed by atoms with Crippen molar-refractivity contribution in [2.45, 2.75) is 76.7 Å². The maximum absolute atomic E-state index is 13.5. The van der Waals surface area contributed by atoms with Crippen LogP contribution in [0, 0.1) is 0 Å². The summed E-state index contributed by atoms with van der Waals surface area (Å²) in [5.41, 5.74) is 2.67. The summed E-state index contributed by atoms with van der Waals surface area (Å²) in [6.45, 7) is 1.92. The topological polar surface area (TPSA) is 103 Å². The Balaban J connectivity index is 1.43. The number of hydrogen-bond acceptors (Lipinski definition) is 7. The van der Waals surface area contributed by atoms with Crippen molar-refractivity contribution in [3.8, 4) is 11.4 Å². The summed E-state index contributed by atoms with van der Waals surface area (Å²) in [7, 11) is 0. The highest BCUT2D eigenvalue weighted by atomic mass is 16.6. The molecule has 0 amide bonds. The van der Waals surface area contributed by atoms with Crippen LogP contribution < -0.4 is 5.56 Å². The standard InChI is InChI=1S/C28H29N3O5/c1-2-28(34)22-14-24-25-20(15-31(24)26(32)21(22)16-35-27(28)33)18(19-10-6-7-11-23(19)30-25)12-13-29-36-17-8-4-3-5-9-17/h6-7,10-11,13-14,17,34H,2-5,8-9,12,15-16H2,1H3/t28-/m0/s1. The Hall–Kier alpha value is -3.52. The SMILES string of the molecule is CC[C@@]1(O)C(=O)OCc2c1cc1n(c2=O)Cc2c-1nc1ccccc1c2CC=NOC1CCCCC1. The molecule has 1 aliphatic carbocycles. The summed E-state index contributed by atoms with van der Waals surface area (Å²) in [6.07, 6.45) is 8.37. The Morgan fingerprint density at radius 1 is 1.22 bits per heavy atom. The van der Waals surface area contributed by atoms with Crippen molar-refractivity contribution in [2.24, 2.45) is 5.16 Å². The first-order valence-corrected chi connectivity index (χ1v) is 12.8. The number of benzene rings is 1. The maximum atomic E-state index is 13.5. The van der Waals surface area contributed by atoms with Gasteiger partial charge >= 0.3 is 5.97 Å². The van der Waals surface area contributed by atoms with E-state index in [1.165, 1.54) is 19.3 Å². The molecule has 3 aliphatic rings. The van der Waals surface area contributed by atoms with Gasteiger partial charge in [-0.25, -0.2) is 9.78 Å². The van der Waals surface area contributed by atoms with E-state index in [1.807, 2.05) is 24.3 Å². The van der Waals surface area contributed by atoms with Crippen molar-refractivity contribution in [1.29, 1.82) is 0 Å². The highest BCUT2D eigenvalue weighted by molar-refractivity contribution is 5.90. The zero-order valence-corrected chi connectivity index (χ0v) is 20.3. The van der Waals surface area contributed by atoms with Crippen LogP contribution in [-0.4, -0.2) is 32.9 Å². The minimum Gasteiger partial charge on any atom is -0.458 e. The molecule has 36 heavy (non-hydrogen) atoms. The fourth-order valence-corrected chi connectivity index (χ4v) is 5.77. The Kier molecular flexibility index (Phi) is 5.63. The van der Waals surface area contributed by atoms with E-state index >= 15 is 0 Å². The number of hydrogen-bond donors (Lipinski definition) is 1. The number of carbonyl (C=O) groups is 1. The van der Waals surface area contributed by atoms with Gasteiger partial charge in [-0.15, -0.1) is 0 Å². The van der Waals surface area contributed by atoms with Crippen molar-refractivity contribution < 1.29 is 19.5 Å². The van der Waals surface area contributed by atoms with E-state index < -0.39 is 11.6 Å². The molecule has 3 aromatic rings. The van der Waals surface area contributed by atoms with Gasteiger partial charge in [-0.05, 0) is 49.8 Å². The number of ether oxygens (including phenoxy) is 1. The molecule has 8 nitrogen and oxygen atoms in total. The second-order valence-corrected chi connectivity index (χ2v) is 9.90. The Morgan fingerprint density at radius 3 is 2.83 bits per heavy atom. The van der Waals surface area contributed by atoms with Gasteiger partial charge in [0.05, 0.1) is 29.0 Å². The molecule has 6 rings (SSSR count). The smallest absolute Gasteiger partial charge is 0.343 e. The van der Waals surface area contributed by atoms with Crippen molar-refractivity contribution in [3.63, 3.8) is 0 Å². The number of esters is 1. The molecule has 1 fully saturated rings. The molecule has 1 saturated carbocycles. The fraction of sp³-hybridized carbons (Fsp3) is 0.429. The number of para-hydroxylation sites is 1. The van der Waals surface area contributed by atoms with Crippen molar-refractivity contribution >= 4 is 23.1 Å². The molecular formula is C28H29N3O5. The van der Waals surface area contributed by atoms with Crippen LogP contribution in [0.2, 0.25) is 0 Å². The molecule has 0 bridgehead atoms. The maximum Gasteiger partial charge on any atom is 0.343 e. The first kappa shape index (κ1) is 22.9. The van der Waals surface area contributed by atoms with Gasteiger partial charge in [-0.3, -0.25) is 4.79 Å². The van der Waals surface area contributed by atoms with Gasteiger partial charge in [0, 0.05) is 29.1 Å². The molecule has 0 spiro atoms. The van der Waals surface area contributed by atoms with Crippen molar-refractivity contribution in [3.05, 3.63) is 62.9 Å². The third kappa shape index (κ3) is 3.54. The van der Waals surface area contributed by atoms with E-state index in [1.54, 1.807) is 23.8 Å². The summed E-state index contributed by atoms with van der Waals surface area (Å²) in [4.78, 5) is 36.6. The monoisotopic (exact) mass is 487 g/mol. The number of aromatic nitrogens is 2. The molecule has 1 aromatic carbocycles. The molecule has 0 saturated heterocycles. The lowest BCUT2D eigenvalue weighted by atomic mass is 9.86. The quantitative estimate of drug-likeness (QED) is 0.260. The predicted octanol–water partition coefficient (Wildman–Crippen LogP) is 3.96. The largest absolute Gasteiger partial charge is 0.458 e. The van der Waals surface area contributed by atoms with Crippen molar-refractivity contribution in [1.82, 2.24) is 9.55 Å². The summed E-state index contributed by atoms with van der Waals surface area (Å²) < 4.78 is 6.85. The third-order valence-corrected chi connectivity index (χ3v) is 7.85. The van der Waals surface area contributed by atoms with Gasteiger partial charge in [0.15, 0.2) is 5.60 Å². The molecule has 0 unspecified atom stereocenters. The van der Waals surface area contributed by atoms with Crippen LogP contribution in [0.25, 0.3) is 22.3 Å². The summed E-state index contributed by atoms with van der Waals surface area (Å²) in [5, 5.41) is 16.4. The average Bonchev–Trinajstić information content (AvgIpc) is 3.28. The van der Waals surface area contributed by atoms with Crippen molar-refractivity contribution in [2.75, 3.05) is 0 Å². The zero-order chi connectivity index (χ0) is 24.9. The lowest BCUT2D eigenvalue weighted by Gasteiger charge is -2.31. The van der Waals surface area contributed by atoms with Crippen LogP contribution in [0.4, 0.5) is 0 Å². The molecule has 2 aliphatic heterocycles. The zero-order valence-electron chi connectivity index (χ0n) is 20.3. The van der Waals surface area contributed by atoms with Gasteiger partial charge in [0.25, 0.3) is 5.56 Å². The summed E-state index contributed by atoms with van der Waals surface area (Å²) in [5.74, 6) is -0.721. The van der Waals surface area contributed by atoms with E-state index in [-0.39, 0.29) is 24.7 Å². The van der Waals surface area contributed by atoms with Gasteiger partial charge in [0.1, 0.15) is 12.7 Å². The average molecular weight is 488 g/mol. The Labute approximate surface area is 208 Å². The van der Waals surface area contributed by atoms with E-state index in [2.05, 4.69) is 5.16 Å². The fourth-order valence-electron chi connectivity index (χ4n) is 5.77. The molecule has 4 heterocycles. The number of rotatable bonds is 5. The molecular weight excluding hydrogens is 458 g/mol. The lowest BCUT2D eigenvalue weighted by molar-refractivity contribution is -0.172. The van der Waals surface area contributed by atoms with E-state index in [9.17, 15) is 14.7 Å². The number of cyclic esters (lactones) is 1. The lowest BCUT2D eigenvalue weighted by Crippen LogP contribution is -2.44. The Morgan fingerprint density at radius 2 is 2.03 bits per heavy atom. The van der Waals surface area contributed by atoms with E-state index in [0.29, 0.717) is 35.5 Å². The number of fused-ring (bicyclic) bond motifs is 5. The number of aliphatic hydroxyl groups is 1. The number of oxime groups is 1. The first-order chi connectivity index (χ1) is 17.5. The first-order valence-electron chi connectivity index (χ1n) is 12.8.